The maximum Gasteiger partial charge on any atom is 0.305 e. The molecule has 1 aromatic rings. The smallest absolute Gasteiger partial charge is 0.305 e. The van der Waals surface area contributed by atoms with Gasteiger partial charge in [-0.05, 0) is 31.0 Å². The van der Waals surface area contributed by atoms with Crippen molar-refractivity contribution in [2.45, 2.75) is 25.7 Å². The predicted molar refractivity (Wildman–Crippen MR) is 75.9 cm³/mol. The van der Waals surface area contributed by atoms with Crippen LogP contribution in [0, 0.1) is 0 Å². The average molecular weight is 300 g/mol. The first-order valence-corrected chi connectivity index (χ1v) is 6.76. The topological polar surface area (TPSA) is 75.6 Å². The molecule has 2 N–H and O–H groups in total. The standard InChI is InChI=1S/C14H18ClNO4/c1-20-13(18)5-3-2-4-8-16-14(19)11-9-10(15)6-7-12(11)17/h6-7,9,17H,2-5,8H2,1H3,(H,16,19). The highest BCUT2D eigenvalue weighted by molar-refractivity contribution is 6.31. The van der Waals surface area contributed by atoms with Gasteiger partial charge in [0.1, 0.15) is 5.75 Å². The molecular formula is C14H18ClNO4. The van der Waals surface area contributed by atoms with Gasteiger partial charge in [0.15, 0.2) is 0 Å². The van der Waals surface area contributed by atoms with Crippen molar-refractivity contribution in [1.29, 1.82) is 0 Å². The Bertz CT molecular complexity index is 476. The summed E-state index contributed by atoms with van der Waals surface area (Å²) < 4.78 is 4.53. The number of unbranched alkanes of at least 4 members (excludes halogenated alkanes) is 2. The highest BCUT2D eigenvalue weighted by atomic mass is 35.5. The molecule has 0 saturated heterocycles. The van der Waals surface area contributed by atoms with Gasteiger partial charge in [0, 0.05) is 18.0 Å². The summed E-state index contributed by atoms with van der Waals surface area (Å²) in [4.78, 5) is 22.7. The van der Waals surface area contributed by atoms with E-state index < -0.39 is 0 Å². The number of carbonyl (C=O) groups excluding carboxylic acids is 2. The summed E-state index contributed by atoms with van der Waals surface area (Å²) in [5.74, 6) is -0.687. The molecule has 0 heterocycles. The van der Waals surface area contributed by atoms with Crippen molar-refractivity contribution in [1.82, 2.24) is 5.32 Å². The molecule has 20 heavy (non-hydrogen) atoms. The Morgan fingerprint density at radius 2 is 2.05 bits per heavy atom. The number of halogens is 1. The number of nitrogens with one attached hydrogen (secondary N) is 1. The number of aromatic hydroxyl groups is 1. The van der Waals surface area contributed by atoms with Crippen molar-refractivity contribution in [2.24, 2.45) is 0 Å². The van der Waals surface area contributed by atoms with Crippen molar-refractivity contribution in [2.75, 3.05) is 13.7 Å². The zero-order chi connectivity index (χ0) is 15.0. The fourth-order valence-electron chi connectivity index (χ4n) is 1.66. The molecule has 1 aromatic carbocycles. The Kier molecular flexibility index (Phi) is 6.87. The van der Waals surface area contributed by atoms with Crippen molar-refractivity contribution in [3.05, 3.63) is 28.8 Å². The number of rotatable bonds is 7. The lowest BCUT2D eigenvalue weighted by Gasteiger charge is -2.07. The van der Waals surface area contributed by atoms with Gasteiger partial charge in [0.2, 0.25) is 0 Å². The van der Waals surface area contributed by atoms with E-state index in [0.29, 0.717) is 18.0 Å². The van der Waals surface area contributed by atoms with E-state index in [1.165, 1.54) is 25.3 Å². The number of benzene rings is 1. The van der Waals surface area contributed by atoms with Crippen LogP contribution in [0.5, 0.6) is 5.75 Å². The van der Waals surface area contributed by atoms with Crippen LogP contribution >= 0.6 is 11.6 Å². The first-order chi connectivity index (χ1) is 9.54. The molecule has 1 amide bonds. The molecule has 0 aliphatic carbocycles. The van der Waals surface area contributed by atoms with Crippen LogP contribution in [0.1, 0.15) is 36.0 Å². The van der Waals surface area contributed by atoms with Gasteiger partial charge < -0.3 is 15.2 Å². The third-order valence-electron chi connectivity index (χ3n) is 2.77. The third kappa shape index (κ3) is 5.48. The first kappa shape index (κ1) is 16.3. The van der Waals surface area contributed by atoms with Crippen LogP contribution in [0.3, 0.4) is 0 Å². The maximum atomic E-state index is 11.8. The van der Waals surface area contributed by atoms with Gasteiger partial charge in [-0.3, -0.25) is 9.59 Å². The van der Waals surface area contributed by atoms with Crippen LogP contribution in [-0.4, -0.2) is 30.6 Å². The minimum absolute atomic E-state index is 0.0995. The molecule has 6 heteroatoms. The van der Waals surface area contributed by atoms with Crippen LogP contribution in [0.15, 0.2) is 18.2 Å². The molecule has 0 radical (unpaired) electrons. The minimum Gasteiger partial charge on any atom is -0.507 e. The number of hydrogen-bond donors (Lipinski definition) is 2. The van der Waals surface area contributed by atoms with Crippen LogP contribution in [-0.2, 0) is 9.53 Å². The number of phenols is 1. The van der Waals surface area contributed by atoms with E-state index in [1.54, 1.807) is 0 Å². The van der Waals surface area contributed by atoms with Gasteiger partial charge in [0.05, 0.1) is 12.7 Å². The number of hydrogen-bond acceptors (Lipinski definition) is 4. The number of phenolic OH excluding ortho intramolecular Hbond substituents is 1. The molecule has 1 rings (SSSR count). The zero-order valence-corrected chi connectivity index (χ0v) is 12.1. The van der Waals surface area contributed by atoms with Crippen molar-refractivity contribution in [3.8, 4) is 5.75 Å². The lowest BCUT2D eigenvalue weighted by molar-refractivity contribution is -0.140. The lowest BCUT2D eigenvalue weighted by atomic mass is 10.1. The van der Waals surface area contributed by atoms with Crippen LogP contribution in [0.2, 0.25) is 5.02 Å². The van der Waals surface area contributed by atoms with Gasteiger partial charge in [-0.1, -0.05) is 18.0 Å². The fourth-order valence-corrected chi connectivity index (χ4v) is 1.83. The van der Waals surface area contributed by atoms with Crippen molar-refractivity contribution >= 4 is 23.5 Å². The number of esters is 1. The van der Waals surface area contributed by atoms with E-state index >= 15 is 0 Å². The van der Waals surface area contributed by atoms with Crippen LogP contribution in [0.4, 0.5) is 0 Å². The van der Waals surface area contributed by atoms with Crippen LogP contribution < -0.4 is 5.32 Å². The Hall–Kier alpha value is -1.75. The van der Waals surface area contributed by atoms with E-state index in [2.05, 4.69) is 10.1 Å². The second-order valence-corrected chi connectivity index (χ2v) is 4.74. The summed E-state index contributed by atoms with van der Waals surface area (Å²) in [6.07, 6.45) is 2.69. The monoisotopic (exact) mass is 299 g/mol. The number of amides is 1. The Balaban J connectivity index is 2.27. The SMILES string of the molecule is COC(=O)CCCCCNC(=O)c1cc(Cl)ccc1O. The number of ether oxygens (including phenoxy) is 1. The van der Waals surface area contributed by atoms with E-state index in [1.807, 2.05) is 0 Å². The molecule has 0 unspecified atom stereocenters. The van der Waals surface area contributed by atoms with E-state index in [0.717, 1.165) is 19.3 Å². The Labute approximate surface area is 122 Å². The zero-order valence-electron chi connectivity index (χ0n) is 11.3. The second-order valence-electron chi connectivity index (χ2n) is 4.30. The lowest BCUT2D eigenvalue weighted by Crippen LogP contribution is -2.24. The molecule has 0 aliphatic heterocycles. The number of methoxy groups -OCH3 is 1. The minimum atomic E-state index is -0.363. The molecule has 0 aliphatic rings. The van der Waals surface area contributed by atoms with E-state index in [-0.39, 0.29) is 23.2 Å². The molecule has 0 fully saturated rings. The molecule has 0 atom stereocenters. The Morgan fingerprint density at radius 3 is 2.75 bits per heavy atom. The molecule has 0 aromatic heterocycles. The average Bonchev–Trinajstić information content (AvgIpc) is 2.44. The summed E-state index contributed by atoms with van der Waals surface area (Å²) >= 11 is 5.77. The van der Waals surface area contributed by atoms with Gasteiger partial charge in [0.25, 0.3) is 5.91 Å². The van der Waals surface area contributed by atoms with E-state index in [4.69, 9.17) is 11.6 Å². The molecule has 5 nitrogen and oxygen atoms in total. The van der Waals surface area contributed by atoms with Crippen molar-refractivity contribution in [3.63, 3.8) is 0 Å². The molecule has 0 saturated carbocycles. The van der Waals surface area contributed by atoms with E-state index in [9.17, 15) is 14.7 Å². The predicted octanol–water partition coefficient (Wildman–Crippen LogP) is 2.51. The summed E-state index contributed by atoms with van der Waals surface area (Å²) in [5, 5.41) is 12.7. The van der Waals surface area contributed by atoms with Gasteiger partial charge in [-0.25, -0.2) is 0 Å². The highest BCUT2D eigenvalue weighted by Gasteiger charge is 2.10. The quantitative estimate of drug-likeness (QED) is 0.599. The summed E-state index contributed by atoms with van der Waals surface area (Å²) in [6, 6.07) is 4.32. The molecule has 110 valence electrons. The molecule has 0 spiro atoms. The van der Waals surface area contributed by atoms with Gasteiger partial charge in [-0.2, -0.15) is 0 Å². The fraction of sp³-hybridized carbons (Fsp3) is 0.429. The second kappa shape index (κ2) is 8.43. The number of carbonyl (C=O) groups is 2. The molecule has 0 bridgehead atoms. The normalized spacial score (nSPS) is 10.1. The largest absolute Gasteiger partial charge is 0.507 e. The summed E-state index contributed by atoms with van der Waals surface area (Å²) in [5.41, 5.74) is 0.159. The van der Waals surface area contributed by atoms with Gasteiger partial charge in [-0.15, -0.1) is 0 Å². The van der Waals surface area contributed by atoms with Crippen LogP contribution in [0.25, 0.3) is 0 Å². The summed E-state index contributed by atoms with van der Waals surface area (Å²) in [6.45, 7) is 0.478. The van der Waals surface area contributed by atoms with Crippen molar-refractivity contribution < 1.29 is 19.4 Å². The highest BCUT2D eigenvalue weighted by Crippen LogP contribution is 2.21. The van der Waals surface area contributed by atoms with Gasteiger partial charge >= 0.3 is 5.97 Å². The summed E-state index contributed by atoms with van der Waals surface area (Å²) in [7, 11) is 1.36. The molecular weight excluding hydrogens is 282 g/mol. The first-order valence-electron chi connectivity index (χ1n) is 6.38. The third-order valence-corrected chi connectivity index (χ3v) is 3.01. The Morgan fingerprint density at radius 1 is 1.30 bits per heavy atom. The maximum absolute atomic E-state index is 11.8.